The van der Waals surface area contributed by atoms with Crippen LogP contribution in [0, 0.1) is 0 Å². The van der Waals surface area contributed by atoms with Gasteiger partial charge in [0.05, 0.1) is 6.54 Å². The van der Waals surface area contributed by atoms with Crippen LogP contribution in [0.25, 0.3) is 0 Å². The Morgan fingerprint density at radius 2 is 1.93 bits per heavy atom. The number of aliphatic carboxylic acids is 2. The molecule has 0 saturated carbocycles. The first-order valence-corrected chi connectivity index (χ1v) is 4.25. The van der Waals surface area contributed by atoms with Gasteiger partial charge in [-0.1, -0.05) is 0 Å². The predicted octanol–water partition coefficient (Wildman–Crippen LogP) is -0.811. The van der Waals surface area contributed by atoms with E-state index in [2.05, 4.69) is 0 Å². The Kier molecular flexibility index (Phi) is 3.19. The average Bonchev–Trinajstić information content (AvgIpc) is 2.52. The third kappa shape index (κ3) is 2.29. The highest BCUT2D eigenvalue weighted by atomic mass is 16.4. The van der Waals surface area contributed by atoms with Gasteiger partial charge in [-0.2, -0.15) is 0 Å². The van der Waals surface area contributed by atoms with Crippen LogP contribution in [-0.2, 0) is 14.4 Å². The second kappa shape index (κ2) is 4.19. The van der Waals surface area contributed by atoms with Gasteiger partial charge >= 0.3 is 11.9 Å². The van der Waals surface area contributed by atoms with Gasteiger partial charge in [-0.15, -0.1) is 0 Å². The number of ketones is 1. The van der Waals surface area contributed by atoms with Crippen LogP contribution in [0.3, 0.4) is 0 Å². The molecule has 0 aromatic heterocycles. The Morgan fingerprint density at radius 3 is 2.43 bits per heavy atom. The minimum atomic E-state index is -1.51. The van der Waals surface area contributed by atoms with Gasteiger partial charge in [0.15, 0.2) is 0 Å². The number of nitrogens with zero attached hydrogens (tertiary/aromatic N) is 1. The summed E-state index contributed by atoms with van der Waals surface area (Å²) in [5.41, 5.74) is 0. The van der Waals surface area contributed by atoms with Gasteiger partial charge in [0.1, 0.15) is 6.04 Å². The van der Waals surface area contributed by atoms with Gasteiger partial charge in [0.2, 0.25) is 0 Å². The average molecular weight is 201 g/mol. The predicted molar refractivity (Wildman–Crippen MR) is 44.9 cm³/mol. The number of carboxylic acid groups (broad SMARTS) is 2. The molecular formula is C8H11NO5. The second-order valence-electron chi connectivity index (χ2n) is 3.20. The summed E-state index contributed by atoms with van der Waals surface area (Å²) < 4.78 is 0. The van der Waals surface area contributed by atoms with E-state index in [0.717, 1.165) is 0 Å². The highest BCUT2D eigenvalue weighted by molar-refractivity contribution is 6.33. The van der Waals surface area contributed by atoms with Gasteiger partial charge in [0.25, 0.3) is 5.78 Å². The zero-order valence-corrected chi connectivity index (χ0v) is 7.47. The van der Waals surface area contributed by atoms with Crippen molar-refractivity contribution in [3.63, 3.8) is 0 Å². The normalized spacial score (nSPS) is 22.1. The highest BCUT2D eigenvalue weighted by Gasteiger charge is 2.32. The highest BCUT2D eigenvalue weighted by Crippen LogP contribution is 2.16. The molecule has 0 amide bonds. The van der Waals surface area contributed by atoms with Crippen molar-refractivity contribution in [1.29, 1.82) is 0 Å². The van der Waals surface area contributed by atoms with Crippen LogP contribution in [0.5, 0.6) is 0 Å². The number of likely N-dealkylation sites (tertiary alicyclic amines) is 1. The molecule has 1 heterocycles. The summed E-state index contributed by atoms with van der Waals surface area (Å²) in [6.07, 6.45) is 1.16. The van der Waals surface area contributed by atoms with Crippen molar-refractivity contribution in [2.24, 2.45) is 0 Å². The van der Waals surface area contributed by atoms with Crippen molar-refractivity contribution >= 4 is 17.7 Å². The van der Waals surface area contributed by atoms with Crippen molar-refractivity contribution in [2.75, 3.05) is 13.1 Å². The van der Waals surface area contributed by atoms with E-state index in [1.807, 2.05) is 0 Å². The Labute approximate surface area is 80.1 Å². The van der Waals surface area contributed by atoms with E-state index < -0.39 is 23.8 Å². The molecule has 2 N–H and O–H groups in total. The smallest absolute Gasteiger partial charge is 0.373 e. The summed E-state index contributed by atoms with van der Waals surface area (Å²) in [6.45, 7) is 0.155. The van der Waals surface area contributed by atoms with E-state index in [1.165, 1.54) is 4.90 Å². The van der Waals surface area contributed by atoms with Gasteiger partial charge in [-0.05, 0) is 19.4 Å². The van der Waals surface area contributed by atoms with Gasteiger partial charge in [-0.3, -0.25) is 14.5 Å². The third-order valence-corrected chi connectivity index (χ3v) is 2.23. The zero-order valence-electron chi connectivity index (χ0n) is 7.47. The van der Waals surface area contributed by atoms with Crippen LogP contribution in [0.2, 0.25) is 0 Å². The number of hydrogen-bond donors (Lipinski definition) is 2. The molecule has 0 spiro atoms. The number of carbonyl (C=O) groups is 3. The standard InChI is InChI=1S/C8H11NO5/c10-6(8(13)14)4-9-3-1-2-5(9)7(11)12/h5H,1-4H2,(H,11,12)(H,13,14)/t5-/m0/s1. The van der Waals surface area contributed by atoms with Crippen LogP contribution in [0.4, 0.5) is 0 Å². The fourth-order valence-electron chi connectivity index (χ4n) is 1.55. The summed E-state index contributed by atoms with van der Waals surface area (Å²) in [6, 6.07) is -0.710. The van der Waals surface area contributed by atoms with Crippen LogP contribution in [0.1, 0.15) is 12.8 Å². The molecule has 78 valence electrons. The molecule has 0 bridgehead atoms. The van der Waals surface area contributed by atoms with Crippen LogP contribution >= 0.6 is 0 Å². The molecule has 1 fully saturated rings. The van der Waals surface area contributed by atoms with Gasteiger partial charge < -0.3 is 10.2 Å². The Balaban J connectivity index is 2.56. The summed E-state index contributed by atoms with van der Waals surface area (Å²) in [5, 5.41) is 17.1. The van der Waals surface area contributed by atoms with Crippen molar-refractivity contribution < 1.29 is 24.6 Å². The first kappa shape index (κ1) is 10.6. The lowest BCUT2D eigenvalue weighted by Crippen LogP contribution is -2.40. The molecule has 1 rings (SSSR count). The fourth-order valence-corrected chi connectivity index (χ4v) is 1.55. The first-order valence-electron chi connectivity index (χ1n) is 4.25. The molecule has 0 radical (unpaired) electrons. The lowest BCUT2D eigenvalue weighted by atomic mass is 10.2. The zero-order chi connectivity index (χ0) is 10.7. The molecule has 0 unspecified atom stereocenters. The molecule has 6 nitrogen and oxygen atoms in total. The summed E-state index contributed by atoms with van der Waals surface area (Å²) in [5.74, 6) is -3.47. The van der Waals surface area contributed by atoms with Crippen molar-refractivity contribution in [3.05, 3.63) is 0 Å². The fraction of sp³-hybridized carbons (Fsp3) is 0.625. The largest absolute Gasteiger partial charge is 0.480 e. The number of rotatable bonds is 4. The van der Waals surface area contributed by atoms with E-state index in [-0.39, 0.29) is 6.54 Å². The summed E-state index contributed by atoms with van der Waals surface area (Å²) in [7, 11) is 0. The van der Waals surface area contributed by atoms with E-state index in [9.17, 15) is 14.4 Å². The van der Waals surface area contributed by atoms with E-state index >= 15 is 0 Å². The lowest BCUT2D eigenvalue weighted by Gasteiger charge is -2.18. The maximum Gasteiger partial charge on any atom is 0.373 e. The molecule has 0 aromatic rings. The second-order valence-corrected chi connectivity index (χ2v) is 3.20. The maximum atomic E-state index is 10.8. The molecule has 0 aliphatic carbocycles. The van der Waals surface area contributed by atoms with E-state index in [4.69, 9.17) is 10.2 Å². The van der Waals surface area contributed by atoms with E-state index in [0.29, 0.717) is 19.4 Å². The molecule has 6 heteroatoms. The number of hydrogen-bond acceptors (Lipinski definition) is 4. The molecule has 1 aliphatic rings. The van der Waals surface area contributed by atoms with Crippen LogP contribution < -0.4 is 0 Å². The monoisotopic (exact) mass is 201 g/mol. The Hall–Kier alpha value is -1.43. The number of Topliss-reactive ketones (excluding diaryl/α,β-unsaturated/α-hetero) is 1. The molecule has 1 atom stereocenters. The molecule has 0 aromatic carbocycles. The minimum Gasteiger partial charge on any atom is -0.480 e. The minimum absolute atomic E-state index is 0.313. The van der Waals surface area contributed by atoms with Crippen molar-refractivity contribution in [1.82, 2.24) is 4.90 Å². The summed E-state index contributed by atoms with van der Waals surface area (Å²) in [4.78, 5) is 33.1. The van der Waals surface area contributed by atoms with Crippen LogP contribution in [0.15, 0.2) is 0 Å². The maximum absolute atomic E-state index is 10.8. The Morgan fingerprint density at radius 1 is 1.29 bits per heavy atom. The Bertz CT molecular complexity index is 275. The lowest BCUT2D eigenvalue weighted by molar-refractivity contribution is -0.151. The van der Waals surface area contributed by atoms with Crippen molar-refractivity contribution in [2.45, 2.75) is 18.9 Å². The van der Waals surface area contributed by atoms with Gasteiger partial charge in [0, 0.05) is 0 Å². The van der Waals surface area contributed by atoms with Crippen LogP contribution in [-0.4, -0.2) is 52.0 Å². The molecule has 1 aliphatic heterocycles. The summed E-state index contributed by atoms with van der Waals surface area (Å²) >= 11 is 0. The van der Waals surface area contributed by atoms with E-state index in [1.54, 1.807) is 0 Å². The molecule has 1 saturated heterocycles. The number of carboxylic acids is 2. The molecular weight excluding hydrogens is 190 g/mol. The van der Waals surface area contributed by atoms with Gasteiger partial charge in [-0.25, -0.2) is 4.79 Å². The quantitative estimate of drug-likeness (QED) is 0.577. The third-order valence-electron chi connectivity index (χ3n) is 2.23. The molecule has 14 heavy (non-hydrogen) atoms. The first-order chi connectivity index (χ1) is 6.52. The SMILES string of the molecule is O=C(O)C(=O)CN1CCC[C@H]1C(=O)O. The topological polar surface area (TPSA) is 94.9 Å². The number of carbonyl (C=O) groups excluding carboxylic acids is 1. The van der Waals surface area contributed by atoms with Crippen molar-refractivity contribution in [3.8, 4) is 0 Å².